The molecule has 0 atom stereocenters. The second-order valence-corrected chi connectivity index (χ2v) is 3.92. The third kappa shape index (κ3) is 2.93. The van der Waals surface area contributed by atoms with Gasteiger partial charge >= 0.3 is 0 Å². The van der Waals surface area contributed by atoms with Crippen LogP contribution < -0.4 is 0 Å². The van der Waals surface area contributed by atoms with Crippen LogP contribution in [-0.4, -0.2) is 17.5 Å². The summed E-state index contributed by atoms with van der Waals surface area (Å²) in [5.41, 5.74) is 2.12. The minimum absolute atomic E-state index is 0.0940. The van der Waals surface area contributed by atoms with Gasteiger partial charge in [-0.25, -0.2) is 0 Å². The molecule has 0 aromatic heterocycles. The van der Waals surface area contributed by atoms with Crippen LogP contribution in [0.2, 0.25) is 0 Å². The zero-order valence-corrected chi connectivity index (χ0v) is 9.91. The molecule has 0 radical (unpaired) electrons. The van der Waals surface area contributed by atoms with Gasteiger partial charge in [-0.3, -0.25) is 4.79 Å². The van der Waals surface area contributed by atoms with E-state index in [-0.39, 0.29) is 12.4 Å². The summed E-state index contributed by atoms with van der Waals surface area (Å²) >= 11 is 0. The van der Waals surface area contributed by atoms with Crippen molar-refractivity contribution < 1.29 is 9.90 Å². The molecular weight excluding hydrogens is 224 g/mol. The third-order valence-electron chi connectivity index (χ3n) is 2.68. The lowest BCUT2D eigenvalue weighted by atomic mass is 10.0. The molecule has 0 aliphatic heterocycles. The molecule has 0 amide bonds. The van der Waals surface area contributed by atoms with Crippen molar-refractivity contribution in [3.05, 3.63) is 77.9 Å². The molecule has 18 heavy (non-hydrogen) atoms. The highest BCUT2D eigenvalue weighted by Gasteiger charge is 2.05. The van der Waals surface area contributed by atoms with Crippen molar-refractivity contribution in [2.45, 2.75) is 0 Å². The highest BCUT2D eigenvalue weighted by Crippen LogP contribution is 2.14. The van der Waals surface area contributed by atoms with Crippen LogP contribution >= 0.6 is 0 Å². The molecule has 0 aliphatic rings. The molecule has 2 nitrogen and oxygen atoms in total. The molecule has 2 heteroatoms. The summed E-state index contributed by atoms with van der Waals surface area (Å²) < 4.78 is 0. The standard InChI is InChI=1S/C16H14O2/c17-12-15(13-7-3-1-4-8-13)11-16(18)14-9-5-2-6-10-14/h1-11,17H,12H2. The second kappa shape index (κ2) is 5.94. The number of ketones is 1. The minimum atomic E-state index is -0.150. The van der Waals surface area contributed by atoms with E-state index in [1.165, 1.54) is 6.08 Å². The molecule has 2 aromatic rings. The van der Waals surface area contributed by atoms with Gasteiger partial charge in [0, 0.05) is 5.56 Å². The average Bonchev–Trinajstić information content (AvgIpc) is 2.46. The van der Waals surface area contributed by atoms with Crippen molar-refractivity contribution in [1.82, 2.24) is 0 Å². The molecule has 0 saturated carbocycles. The zero-order valence-electron chi connectivity index (χ0n) is 9.91. The zero-order chi connectivity index (χ0) is 12.8. The predicted molar refractivity (Wildman–Crippen MR) is 72.3 cm³/mol. The van der Waals surface area contributed by atoms with E-state index >= 15 is 0 Å². The fourth-order valence-corrected chi connectivity index (χ4v) is 1.72. The number of aliphatic hydroxyl groups excluding tert-OH is 1. The van der Waals surface area contributed by atoms with Crippen molar-refractivity contribution >= 4 is 11.4 Å². The summed E-state index contributed by atoms with van der Waals surface area (Å²) in [7, 11) is 0. The summed E-state index contributed by atoms with van der Waals surface area (Å²) in [6.45, 7) is -0.150. The number of hydrogen-bond donors (Lipinski definition) is 1. The minimum Gasteiger partial charge on any atom is -0.392 e. The van der Waals surface area contributed by atoms with Crippen molar-refractivity contribution in [2.24, 2.45) is 0 Å². The first kappa shape index (κ1) is 12.3. The first-order chi connectivity index (χ1) is 8.81. The van der Waals surface area contributed by atoms with E-state index in [0.29, 0.717) is 11.1 Å². The number of carbonyl (C=O) groups is 1. The summed E-state index contributed by atoms with van der Waals surface area (Å²) in [4.78, 5) is 12.0. The van der Waals surface area contributed by atoms with Gasteiger partial charge in [0.15, 0.2) is 5.78 Å². The molecule has 0 bridgehead atoms. The Morgan fingerprint density at radius 1 is 0.889 bits per heavy atom. The van der Waals surface area contributed by atoms with E-state index in [4.69, 9.17) is 0 Å². The highest BCUT2D eigenvalue weighted by atomic mass is 16.3. The third-order valence-corrected chi connectivity index (χ3v) is 2.68. The van der Waals surface area contributed by atoms with E-state index in [0.717, 1.165) is 5.56 Å². The van der Waals surface area contributed by atoms with Crippen molar-refractivity contribution in [1.29, 1.82) is 0 Å². The fourth-order valence-electron chi connectivity index (χ4n) is 1.72. The number of aliphatic hydroxyl groups is 1. The van der Waals surface area contributed by atoms with Crippen molar-refractivity contribution in [3.8, 4) is 0 Å². The van der Waals surface area contributed by atoms with Crippen molar-refractivity contribution in [3.63, 3.8) is 0 Å². The van der Waals surface area contributed by atoms with Crippen molar-refractivity contribution in [2.75, 3.05) is 6.61 Å². The molecule has 2 aromatic carbocycles. The smallest absolute Gasteiger partial charge is 0.186 e. The molecule has 0 saturated heterocycles. The van der Waals surface area contributed by atoms with Gasteiger partial charge in [0.1, 0.15) is 0 Å². The monoisotopic (exact) mass is 238 g/mol. The molecule has 90 valence electrons. The van der Waals surface area contributed by atoms with Gasteiger partial charge in [-0.15, -0.1) is 0 Å². The number of hydrogen-bond acceptors (Lipinski definition) is 2. The molecule has 0 fully saturated rings. The Hall–Kier alpha value is -2.19. The number of rotatable bonds is 4. The number of carbonyl (C=O) groups excluding carboxylic acids is 1. The molecule has 2 rings (SSSR count). The van der Waals surface area contributed by atoms with E-state index in [1.807, 2.05) is 48.5 Å². The first-order valence-corrected chi connectivity index (χ1v) is 5.77. The molecular formula is C16H14O2. The average molecular weight is 238 g/mol. The maximum Gasteiger partial charge on any atom is 0.186 e. The molecule has 1 N–H and O–H groups in total. The van der Waals surface area contributed by atoms with Crippen LogP contribution in [0.1, 0.15) is 15.9 Å². The van der Waals surface area contributed by atoms with Gasteiger partial charge in [0.25, 0.3) is 0 Å². The Bertz CT molecular complexity index is 542. The summed E-state index contributed by atoms with van der Waals surface area (Å²) in [5, 5.41) is 9.35. The predicted octanol–water partition coefficient (Wildman–Crippen LogP) is 2.95. The van der Waals surface area contributed by atoms with E-state index in [2.05, 4.69) is 0 Å². The maximum absolute atomic E-state index is 12.0. The van der Waals surface area contributed by atoms with Crippen LogP contribution in [0.15, 0.2) is 66.7 Å². The lowest BCUT2D eigenvalue weighted by Crippen LogP contribution is -1.98. The Kier molecular flexibility index (Phi) is 4.05. The summed E-state index contributed by atoms with van der Waals surface area (Å²) in [6, 6.07) is 18.4. The largest absolute Gasteiger partial charge is 0.392 e. The SMILES string of the molecule is O=C(C=C(CO)c1ccccc1)c1ccccc1. The topological polar surface area (TPSA) is 37.3 Å². The van der Waals surface area contributed by atoms with Crippen LogP contribution in [0.4, 0.5) is 0 Å². The van der Waals surface area contributed by atoms with Gasteiger partial charge in [0.2, 0.25) is 0 Å². The van der Waals surface area contributed by atoms with E-state index < -0.39 is 0 Å². The highest BCUT2D eigenvalue weighted by molar-refractivity contribution is 6.08. The Balaban J connectivity index is 2.29. The Morgan fingerprint density at radius 3 is 1.89 bits per heavy atom. The lowest BCUT2D eigenvalue weighted by molar-refractivity contribution is 0.104. The lowest BCUT2D eigenvalue weighted by Gasteiger charge is -2.04. The van der Waals surface area contributed by atoms with Gasteiger partial charge in [-0.05, 0) is 17.2 Å². The quantitative estimate of drug-likeness (QED) is 0.656. The van der Waals surface area contributed by atoms with Crippen LogP contribution in [0.25, 0.3) is 5.57 Å². The van der Waals surface area contributed by atoms with Crippen LogP contribution in [0, 0.1) is 0 Å². The Morgan fingerprint density at radius 2 is 1.39 bits per heavy atom. The fraction of sp³-hybridized carbons (Fsp3) is 0.0625. The summed E-state index contributed by atoms with van der Waals surface area (Å²) in [6.07, 6.45) is 1.49. The van der Waals surface area contributed by atoms with Gasteiger partial charge in [-0.1, -0.05) is 60.7 Å². The van der Waals surface area contributed by atoms with Gasteiger partial charge in [0.05, 0.1) is 6.61 Å². The molecule has 0 heterocycles. The van der Waals surface area contributed by atoms with Gasteiger partial charge < -0.3 is 5.11 Å². The molecule has 0 unspecified atom stereocenters. The van der Waals surface area contributed by atoms with E-state index in [9.17, 15) is 9.90 Å². The molecule has 0 spiro atoms. The second-order valence-electron chi connectivity index (χ2n) is 3.92. The van der Waals surface area contributed by atoms with Crippen LogP contribution in [0.3, 0.4) is 0 Å². The number of allylic oxidation sites excluding steroid dienone is 1. The van der Waals surface area contributed by atoms with E-state index in [1.54, 1.807) is 12.1 Å². The Labute approximate surface area is 106 Å². The van der Waals surface area contributed by atoms with Crippen LogP contribution in [-0.2, 0) is 0 Å². The van der Waals surface area contributed by atoms with Crippen LogP contribution in [0.5, 0.6) is 0 Å². The van der Waals surface area contributed by atoms with Gasteiger partial charge in [-0.2, -0.15) is 0 Å². The summed E-state index contributed by atoms with van der Waals surface area (Å²) in [5.74, 6) is -0.0940. The molecule has 0 aliphatic carbocycles. The maximum atomic E-state index is 12.0. The number of benzene rings is 2. The first-order valence-electron chi connectivity index (χ1n) is 5.77. The normalized spacial score (nSPS) is 11.3.